The minimum absolute atomic E-state index is 0.0437. The van der Waals surface area contributed by atoms with Gasteiger partial charge in [0.05, 0.1) is 4.90 Å². The summed E-state index contributed by atoms with van der Waals surface area (Å²) in [5, 5.41) is 10.0. The van der Waals surface area contributed by atoms with Crippen molar-refractivity contribution in [1.82, 2.24) is 4.98 Å². The molecule has 0 aliphatic rings. The van der Waals surface area contributed by atoms with Gasteiger partial charge in [-0.25, -0.2) is 8.42 Å². The molecule has 1 aromatic carbocycles. The van der Waals surface area contributed by atoms with E-state index >= 15 is 0 Å². The van der Waals surface area contributed by atoms with Crippen molar-refractivity contribution >= 4 is 25.8 Å². The second-order valence-electron chi connectivity index (χ2n) is 4.90. The normalized spacial score (nSPS) is 11.5. The number of nitrogens with one attached hydrogen (secondary N) is 1. The molecule has 22 heavy (non-hydrogen) atoms. The van der Waals surface area contributed by atoms with Gasteiger partial charge in [0.25, 0.3) is 5.56 Å². The predicted molar refractivity (Wildman–Crippen MR) is 86.9 cm³/mol. The molecule has 1 heterocycles. The van der Waals surface area contributed by atoms with Crippen molar-refractivity contribution in [2.75, 3.05) is 0 Å². The highest BCUT2D eigenvalue weighted by Gasteiger charge is 2.26. The Labute approximate surface area is 137 Å². The Morgan fingerprint density at radius 1 is 1.23 bits per heavy atom. The zero-order valence-corrected chi connectivity index (χ0v) is 14.4. The van der Waals surface area contributed by atoms with Crippen molar-refractivity contribution in [3.8, 4) is 5.75 Å². The maximum absolute atomic E-state index is 12.5. The quantitative estimate of drug-likeness (QED) is 0.827. The lowest BCUT2D eigenvalue weighted by atomic mass is 10.2. The maximum Gasteiger partial charge on any atom is 0.271 e. The molecule has 0 saturated heterocycles. The average molecular weight is 386 g/mol. The molecule has 0 aliphatic heterocycles. The first kappa shape index (κ1) is 16.8. The van der Waals surface area contributed by atoms with Crippen LogP contribution in [0.25, 0.3) is 0 Å². The highest BCUT2D eigenvalue weighted by atomic mass is 79.9. The van der Waals surface area contributed by atoms with Crippen LogP contribution >= 0.6 is 15.9 Å². The summed E-state index contributed by atoms with van der Waals surface area (Å²) in [6.45, 7) is 2.00. The van der Waals surface area contributed by atoms with E-state index in [-0.39, 0.29) is 4.90 Å². The van der Waals surface area contributed by atoms with Crippen LogP contribution in [-0.4, -0.2) is 18.5 Å². The highest BCUT2D eigenvalue weighted by molar-refractivity contribution is 9.10. The summed E-state index contributed by atoms with van der Waals surface area (Å²) in [6.07, 6.45) is 2.35. The predicted octanol–water partition coefficient (Wildman–Crippen LogP) is 3.02. The largest absolute Gasteiger partial charge is 0.506 e. The fourth-order valence-corrected chi connectivity index (χ4v) is 3.70. The molecular weight excluding hydrogens is 370 g/mol. The molecule has 118 valence electrons. The van der Waals surface area contributed by atoms with Crippen molar-refractivity contribution < 1.29 is 13.5 Å². The molecule has 0 amide bonds. The Kier molecular flexibility index (Phi) is 5.08. The summed E-state index contributed by atoms with van der Waals surface area (Å²) in [7, 11) is -4.07. The Bertz CT molecular complexity index is 826. The number of benzene rings is 1. The Morgan fingerprint density at radius 2 is 1.86 bits per heavy atom. The van der Waals surface area contributed by atoms with Gasteiger partial charge in [0.1, 0.15) is 5.75 Å². The van der Waals surface area contributed by atoms with Crippen LogP contribution in [0.1, 0.15) is 25.5 Å². The van der Waals surface area contributed by atoms with Crippen molar-refractivity contribution in [1.29, 1.82) is 0 Å². The second kappa shape index (κ2) is 6.66. The minimum Gasteiger partial charge on any atom is -0.506 e. The molecule has 0 saturated carbocycles. The second-order valence-corrected chi connectivity index (χ2v) is 7.70. The lowest BCUT2D eigenvalue weighted by molar-refractivity contribution is 0.454. The summed E-state index contributed by atoms with van der Waals surface area (Å²) >= 11 is 3.22. The molecule has 7 heteroatoms. The molecule has 0 atom stereocenters. The van der Waals surface area contributed by atoms with Gasteiger partial charge in [-0.3, -0.25) is 4.79 Å². The van der Waals surface area contributed by atoms with Crippen molar-refractivity contribution in [3.63, 3.8) is 0 Å². The van der Waals surface area contributed by atoms with Crippen molar-refractivity contribution in [3.05, 3.63) is 50.9 Å². The zero-order chi connectivity index (χ0) is 16.3. The third-order valence-electron chi connectivity index (χ3n) is 3.22. The van der Waals surface area contributed by atoms with Gasteiger partial charge in [-0.05, 0) is 37.1 Å². The summed E-state index contributed by atoms with van der Waals surface area (Å²) in [5.41, 5.74) is -0.270. The first-order valence-electron chi connectivity index (χ1n) is 6.82. The topological polar surface area (TPSA) is 87.2 Å². The number of rotatable bonds is 5. The lowest BCUT2D eigenvalue weighted by Crippen LogP contribution is -2.19. The maximum atomic E-state index is 12.5. The number of hydrogen-bond acceptors (Lipinski definition) is 4. The van der Waals surface area contributed by atoms with Crippen LogP contribution in [0.3, 0.4) is 0 Å². The number of sulfone groups is 1. The summed E-state index contributed by atoms with van der Waals surface area (Å²) < 4.78 is 25.8. The van der Waals surface area contributed by atoms with E-state index in [9.17, 15) is 18.3 Å². The van der Waals surface area contributed by atoms with Crippen LogP contribution in [0.2, 0.25) is 0 Å². The first-order valence-corrected chi connectivity index (χ1v) is 9.09. The van der Waals surface area contributed by atoms with Crippen molar-refractivity contribution in [2.45, 2.75) is 36.0 Å². The van der Waals surface area contributed by atoms with Gasteiger partial charge in [0.2, 0.25) is 9.84 Å². The summed E-state index contributed by atoms with van der Waals surface area (Å²) in [4.78, 5) is 14.0. The molecule has 0 bridgehead atoms. The van der Waals surface area contributed by atoms with E-state index in [1.165, 1.54) is 18.2 Å². The summed E-state index contributed by atoms with van der Waals surface area (Å²) in [5.74, 6) is -0.516. The highest BCUT2D eigenvalue weighted by Crippen LogP contribution is 2.26. The van der Waals surface area contributed by atoms with E-state index in [1.54, 1.807) is 12.1 Å². The SMILES string of the molecule is CCCCc1cc(O)c(S(=O)(=O)c2ccc(Br)cc2)c(=O)[nH]1. The van der Waals surface area contributed by atoms with Gasteiger partial charge >= 0.3 is 0 Å². The van der Waals surface area contributed by atoms with Gasteiger partial charge in [0, 0.05) is 16.2 Å². The molecule has 2 aromatic rings. The fraction of sp³-hybridized carbons (Fsp3) is 0.267. The van der Waals surface area contributed by atoms with Gasteiger partial charge in [-0.15, -0.1) is 0 Å². The van der Waals surface area contributed by atoms with Crippen molar-refractivity contribution in [2.24, 2.45) is 0 Å². The number of aryl methyl sites for hydroxylation is 1. The first-order chi connectivity index (χ1) is 10.4. The third-order valence-corrected chi connectivity index (χ3v) is 5.57. The van der Waals surface area contributed by atoms with Crippen LogP contribution in [0, 0.1) is 0 Å². The molecule has 0 aliphatic carbocycles. The third kappa shape index (κ3) is 3.41. The average Bonchev–Trinajstić information content (AvgIpc) is 2.44. The monoisotopic (exact) mass is 385 g/mol. The smallest absolute Gasteiger partial charge is 0.271 e. The zero-order valence-electron chi connectivity index (χ0n) is 12.0. The van der Waals surface area contributed by atoms with Crippen LogP contribution in [0.5, 0.6) is 5.75 Å². The molecule has 0 unspecified atom stereocenters. The fourth-order valence-electron chi connectivity index (χ4n) is 2.08. The Morgan fingerprint density at radius 3 is 2.41 bits per heavy atom. The molecule has 0 radical (unpaired) electrons. The Hall–Kier alpha value is -1.60. The minimum atomic E-state index is -4.07. The van der Waals surface area contributed by atoms with E-state index < -0.39 is 26.0 Å². The van der Waals surface area contributed by atoms with Gasteiger partial charge in [-0.2, -0.15) is 0 Å². The standard InChI is InChI=1S/C15H16BrNO4S/c1-2-3-4-11-9-13(18)14(15(19)17-11)22(20,21)12-7-5-10(16)6-8-12/h5-9H,2-4H2,1H3,(H2,17,18,19). The number of halogens is 1. The molecule has 2 rings (SSSR count). The van der Waals surface area contributed by atoms with Crippen LogP contribution in [0.15, 0.2) is 49.4 Å². The molecule has 1 aromatic heterocycles. The van der Waals surface area contributed by atoms with Crippen LogP contribution in [0.4, 0.5) is 0 Å². The summed E-state index contributed by atoms with van der Waals surface area (Å²) in [6, 6.07) is 7.19. The Balaban J connectivity index is 2.52. The van der Waals surface area contributed by atoms with Gasteiger partial charge in [-0.1, -0.05) is 29.3 Å². The molecule has 0 fully saturated rings. The van der Waals surface area contributed by atoms with E-state index in [4.69, 9.17) is 0 Å². The van der Waals surface area contributed by atoms with E-state index in [0.29, 0.717) is 12.1 Å². The van der Waals surface area contributed by atoms with Gasteiger partial charge in [0.15, 0.2) is 4.90 Å². The number of hydrogen-bond donors (Lipinski definition) is 2. The van der Waals surface area contributed by atoms with Crippen LogP contribution in [-0.2, 0) is 16.3 Å². The van der Waals surface area contributed by atoms with E-state index in [0.717, 1.165) is 17.3 Å². The number of aromatic nitrogens is 1. The molecule has 0 spiro atoms. The van der Waals surface area contributed by atoms with Gasteiger partial charge < -0.3 is 10.1 Å². The number of H-pyrrole nitrogens is 1. The van der Waals surface area contributed by atoms with E-state index in [2.05, 4.69) is 20.9 Å². The number of aromatic hydroxyl groups is 1. The molecule has 2 N–H and O–H groups in total. The number of pyridine rings is 1. The lowest BCUT2D eigenvalue weighted by Gasteiger charge is -2.08. The number of aromatic amines is 1. The van der Waals surface area contributed by atoms with Crippen LogP contribution < -0.4 is 5.56 Å². The number of unbranched alkanes of at least 4 members (excludes halogenated alkanes) is 1. The molecule has 5 nitrogen and oxygen atoms in total. The molecular formula is C15H16BrNO4S. The van der Waals surface area contributed by atoms with E-state index in [1.807, 2.05) is 6.92 Å².